The molecule has 0 bridgehead atoms. The normalized spacial score (nSPS) is 0.500. The molecule has 0 radical (unpaired) electrons. The molecule has 8 heavy (non-hydrogen) atoms. The summed E-state index contributed by atoms with van der Waals surface area (Å²) in [5.74, 6) is 0. The van der Waals surface area contributed by atoms with Gasteiger partial charge in [-0.25, -0.2) is 0 Å². The van der Waals surface area contributed by atoms with Crippen molar-refractivity contribution >= 4 is 0 Å². The third kappa shape index (κ3) is 66.2. The van der Waals surface area contributed by atoms with Gasteiger partial charge in [-0.15, -0.1) is 13.2 Å². The van der Waals surface area contributed by atoms with Gasteiger partial charge in [-0.2, -0.15) is 0 Å². The number of hydrogen-bond donors (Lipinski definition) is 0. The zero-order valence-corrected chi connectivity index (χ0v) is 12.0. The molecule has 0 aliphatic rings. The van der Waals surface area contributed by atoms with Crippen molar-refractivity contribution in [3.05, 3.63) is 13.2 Å². The summed E-state index contributed by atoms with van der Waals surface area (Å²) in [6.07, 6.45) is 0. The maximum Gasteiger partial charge on any atom is 2.00 e. The first-order valence-electron chi connectivity index (χ1n) is 0.500. The fourth-order valence-corrected chi connectivity index (χ4v) is 0. The Morgan fingerprint density at radius 3 is 0.750 bits per heavy atom. The second-order valence-corrected chi connectivity index (χ2v) is 0. The van der Waals surface area contributed by atoms with Crippen LogP contribution >= 0.6 is 0 Å². The molecule has 0 amide bonds. The summed E-state index contributed by atoms with van der Waals surface area (Å²) < 4.78 is 0. The van der Waals surface area contributed by atoms with Gasteiger partial charge in [0.2, 0.25) is 0 Å². The summed E-state index contributed by atoms with van der Waals surface area (Å²) in [5.41, 5.74) is 0. The van der Waals surface area contributed by atoms with E-state index in [4.69, 9.17) is 0 Å². The molecule has 0 saturated heterocycles. The zero-order chi connectivity index (χ0) is 2.00. The summed E-state index contributed by atoms with van der Waals surface area (Å²) in [7, 11) is 0. The minimum Gasteiger partial charge on any atom is -1.00 e. The second kappa shape index (κ2) is 93.4. The molecule has 0 aromatic carbocycles. The molecule has 0 spiro atoms. The first kappa shape index (κ1) is 70.3. The first-order chi connectivity index (χ1) is 1.00. The van der Waals surface area contributed by atoms with Crippen LogP contribution in [0.25, 0.3) is 0 Å². The van der Waals surface area contributed by atoms with Crippen molar-refractivity contribution < 1.29 is 115 Å². The van der Waals surface area contributed by atoms with Crippen LogP contribution in [-0.2, 0) is 21.1 Å². The molecule has 0 rings (SSSR count). The Morgan fingerprint density at radius 2 is 0.750 bits per heavy atom. The molecule has 0 unspecified atom stereocenters. The molecule has 6 heteroatoms. The first-order valence-corrected chi connectivity index (χ1v) is 0.500. The summed E-state index contributed by atoms with van der Waals surface area (Å²) >= 11 is 0. The molecular weight excluding hydrogens is 381 g/mol. The Morgan fingerprint density at radius 1 is 0.750 bits per heavy atom. The van der Waals surface area contributed by atoms with Gasteiger partial charge in [0.1, 0.15) is 0 Å². The van der Waals surface area contributed by atoms with E-state index < -0.39 is 0 Å². The van der Waals surface area contributed by atoms with Crippen LogP contribution in [0.5, 0.6) is 0 Å². The zero-order valence-electron chi connectivity index (χ0n) is 4.36. The number of hydrogen-bond acceptors (Lipinski definition) is 0. The molecule has 52 valence electrons. The predicted molar refractivity (Wildman–Crippen MR) is 14.9 cm³/mol. The van der Waals surface area contributed by atoms with E-state index >= 15 is 0 Å². The number of rotatable bonds is 0. The third-order valence-corrected chi connectivity index (χ3v) is 0. The van der Waals surface area contributed by atoms with Gasteiger partial charge in [-0.05, 0) is 0 Å². The van der Waals surface area contributed by atoms with Crippen LogP contribution in [0.1, 0.15) is 0 Å². The van der Waals surface area contributed by atoms with Gasteiger partial charge in [-0.1, -0.05) is 0 Å². The maximum atomic E-state index is 3.00. The van der Waals surface area contributed by atoms with Crippen molar-refractivity contribution in [2.75, 3.05) is 0 Å². The second-order valence-electron chi connectivity index (χ2n) is 0. The Labute approximate surface area is 126 Å². The summed E-state index contributed by atoms with van der Waals surface area (Å²) in [6, 6.07) is 0. The van der Waals surface area contributed by atoms with Crippen molar-refractivity contribution in [2.45, 2.75) is 0 Å². The van der Waals surface area contributed by atoms with Gasteiger partial charge in [0.15, 0.2) is 0 Å². The number of halogens is 3. The van der Waals surface area contributed by atoms with Gasteiger partial charge >= 0.3 is 72.4 Å². The quantitative estimate of drug-likeness (QED) is 0.293. The molecule has 0 heterocycles. The smallest absolute Gasteiger partial charge is 1.00 e. The van der Waals surface area contributed by atoms with Crippen molar-refractivity contribution in [1.29, 1.82) is 0 Å². The minimum absolute atomic E-state index is 0. The summed E-state index contributed by atoms with van der Waals surface area (Å²) in [6.45, 7) is 6.00. The SMILES string of the molecule is C=C.O.[Cl-].[Cl-].[Cl-].[K+].[Pt+2]. The van der Waals surface area contributed by atoms with Crippen molar-refractivity contribution in [3.63, 3.8) is 0 Å². The standard InChI is InChI=1S/C2H4.3ClH.K.H2O.Pt/c1-2;;;;;;/h1-2H2;3*1H;;1H2;/q;;;;+1;;+2/p-3. The topological polar surface area (TPSA) is 31.5 Å². The van der Waals surface area contributed by atoms with Crippen LogP contribution in [0.15, 0.2) is 13.2 Å². The van der Waals surface area contributed by atoms with Crippen molar-refractivity contribution in [2.24, 2.45) is 0 Å². The molecule has 0 saturated carbocycles. The Kier molecular flexibility index (Phi) is 821. The van der Waals surface area contributed by atoms with Crippen LogP contribution < -0.4 is 88.6 Å². The van der Waals surface area contributed by atoms with Crippen LogP contribution in [0.4, 0.5) is 0 Å². The molecule has 1 nitrogen and oxygen atoms in total. The largest absolute Gasteiger partial charge is 2.00 e. The average Bonchev–Trinajstić information content (AvgIpc) is 1.00. The molecule has 2 N–H and O–H groups in total. The minimum atomic E-state index is 0. The molecule has 0 atom stereocenters. The van der Waals surface area contributed by atoms with E-state index in [1.807, 2.05) is 0 Å². The Balaban J connectivity index is -0.000000000333. The fourth-order valence-electron chi connectivity index (χ4n) is 0. The van der Waals surface area contributed by atoms with Gasteiger partial charge in [0.05, 0.1) is 0 Å². The Bertz CT molecular complexity index is 17.2. The molecule has 0 aliphatic carbocycles. The van der Waals surface area contributed by atoms with Gasteiger partial charge in [-0.3, -0.25) is 0 Å². The maximum absolute atomic E-state index is 3.00. The monoisotopic (exact) mass is 385 g/mol. The molecule has 0 fully saturated rings. The van der Waals surface area contributed by atoms with E-state index in [-0.39, 0.29) is 115 Å². The van der Waals surface area contributed by atoms with Gasteiger partial charge in [0, 0.05) is 0 Å². The fraction of sp³-hybridized carbons (Fsp3) is 0. The van der Waals surface area contributed by atoms with E-state index in [1.165, 1.54) is 0 Å². The average molecular weight is 387 g/mol. The molecular formula is C2H6Cl3KOPt. The van der Waals surface area contributed by atoms with Crippen LogP contribution in [-0.4, -0.2) is 5.48 Å². The van der Waals surface area contributed by atoms with E-state index in [2.05, 4.69) is 13.2 Å². The van der Waals surface area contributed by atoms with E-state index in [1.54, 1.807) is 0 Å². The molecule has 0 aliphatic heterocycles. The molecule has 0 aromatic rings. The Hall–Kier alpha value is 2.89. The summed E-state index contributed by atoms with van der Waals surface area (Å²) in [4.78, 5) is 0. The predicted octanol–water partition coefficient (Wildman–Crippen LogP) is -12.0. The van der Waals surface area contributed by atoms with Gasteiger partial charge < -0.3 is 42.7 Å². The van der Waals surface area contributed by atoms with E-state index in [9.17, 15) is 0 Å². The van der Waals surface area contributed by atoms with Crippen LogP contribution in [0.3, 0.4) is 0 Å². The van der Waals surface area contributed by atoms with E-state index in [0.29, 0.717) is 0 Å². The third-order valence-electron chi connectivity index (χ3n) is 0. The van der Waals surface area contributed by atoms with Crippen molar-refractivity contribution in [1.82, 2.24) is 0 Å². The van der Waals surface area contributed by atoms with E-state index in [0.717, 1.165) is 0 Å². The summed E-state index contributed by atoms with van der Waals surface area (Å²) in [5, 5.41) is 0. The van der Waals surface area contributed by atoms with Crippen LogP contribution in [0.2, 0.25) is 0 Å². The van der Waals surface area contributed by atoms with Crippen LogP contribution in [0, 0.1) is 0 Å². The molecule has 0 aromatic heterocycles. The van der Waals surface area contributed by atoms with Crippen molar-refractivity contribution in [3.8, 4) is 0 Å². The van der Waals surface area contributed by atoms with Gasteiger partial charge in [0.25, 0.3) is 0 Å².